The lowest BCUT2D eigenvalue weighted by atomic mass is 10.1. The van der Waals surface area contributed by atoms with Crippen LogP contribution in [0.15, 0.2) is 60.0 Å². The molecule has 200 valence electrons. The molecule has 0 radical (unpaired) electrons. The minimum absolute atomic E-state index is 0.111. The summed E-state index contributed by atoms with van der Waals surface area (Å²) in [7, 11) is 4.04. The zero-order chi connectivity index (χ0) is 27.1. The first-order chi connectivity index (χ1) is 18.9. The van der Waals surface area contributed by atoms with Crippen LogP contribution in [0.2, 0.25) is 0 Å². The molecular weight excluding hydrogens is 494 g/mol. The third kappa shape index (κ3) is 4.65. The van der Waals surface area contributed by atoms with E-state index in [1.54, 1.807) is 21.6 Å². The Kier molecular flexibility index (Phi) is 6.35. The molecular formula is C28H31N9O2. The Morgan fingerprint density at radius 2 is 1.95 bits per heavy atom. The molecule has 1 fully saturated rings. The van der Waals surface area contributed by atoms with Gasteiger partial charge in [0.15, 0.2) is 11.5 Å². The zero-order valence-corrected chi connectivity index (χ0v) is 22.3. The molecule has 5 aromatic rings. The van der Waals surface area contributed by atoms with Crippen LogP contribution in [0.3, 0.4) is 0 Å². The highest BCUT2D eigenvalue weighted by molar-refractivity contribution is 5.86. The van der Waals surface area contributed by atoms with Gasteiger partial charge in [-0.2, -0.15) is 15.1 Å². The number of aromatic nitrogens is 7. The second-order valence-electron chi connectivity index (χ2n) is 9.94. The average molecular weight is 526 g/mol. The van der Waals surface area contributed by atoms with Gasteiger partial charge in [-0.05, 0) is 51.1 Å². The van der Waals surface area contributed by atoms with Crippen LogP contribution in [0, 0.1) is 6.92 Å². The first-order valence-electron chi connectivity index (χ1n) is 13.0. The Balaban J connectivity index is 1.38. The topological polar surface area (TPSA) is 108 Å². The molecule has 5 heterocycles. The Labute approximate surface area is 225 Å². The molecule has 1 N–H and O–H groups in total. The van der Waals surface area contributed by atoms with Gasteiger partial charge in [0.2, 0.25) is 11.8 Å². The lowest BCUT2D eigenvalue weighted by molar-refractivity contribution is 0.110. The molecule has 39 heavy (non-hydrogen) atoms. The van der Waals surface area contributed by atoms with Crippen LogP contribution in [-0.4, -0.2) is 65.2 Å². The highest BCUT2D eigenvalue weighted by atomic mass is 16.5. The highest BCUT2D eigenvalue weighted by Crippen LogP contribution is 2.25. The number of anilines is 2. The van der Waals surface area contributed by atoms with Crippen molar-refractivity contribution in [3.8, 4) is 11.7 Å². The van der Waals surface area contributed by atoms with Crippen molar-refractivity contribution in [2.45, 2.75) is 32.4 Å². The maximum atomic E-state index is 13.3. The lowest BCUT2D eigenvalue weighted by Gasteiger charge is -2.29. The van der Waals surface area contributed by atoms with Gasteiger partial charge < -0.3 is 15.0 Å². The van der Waals surface area contributed by atoms with E-state index in [2.05, 4.69) is 33.9 Å². The summed E-state index contributed by atoms with van der Waals surface area (Å²) in [6.45, 7) is 8.08. The average Bonchev–Trinajstić information content (AvgIpc) is 3.37. The van der Waals surface area contributed by atoms with E-state index >= 15 is 0 Å². The fraction of sp³-hybridized carbons (Fsp3) is 0.321. The number of likely N-dealkylation sites (tertiary alicyclic amines) is 1. The Hall–Kier alpha value is -4.51. The molecule has 6 rings (SSSR count). The van der Waals surface area contributed by atoms with Gasteiger partial charge >= 0.3 is 0 Å². The van der Waals surface area contributed by atoms with E-state index in [-0.39, 0.29) is 18.2 Å². The van der Waals surface area contributed by atoms with Crippen molar-refractivity contribution in [3.05, 3.63) is 71.3 Å². The number of benzene rings is 1. The van der Waals surface area contributed by atoms with Crippen LogP contribution < -0.4 is 15.6 Å². The molecule has 0 spiro atoms. The summed E-state index contributed by atoms with van der Waals surface area (Å²) in [5, 5.41) is 9.21. The summed E-state index contributed by atoms with van der Waals surface area (Å²) >= 11 is 0. The van der Waals surface area contributed by atoms with Gasteiger partial charge in [0.25, 0.3) is 5.56 Å². The third-order valence-corrected chi connectivity index (χ3v) is 7.15. The van der Waals surface area contributed by atoms with Crippen molar-refractivity contribution in [1.29, 1.82) is 0 Å². The number of nitrogens with zero attached hydrogens (tertiary/aromatic N) is 8. The number of fused-ring (bicyclic) bond motifs is 2. The maximum absolute atomic E-state index is 13.3. The van der Waals surface area contributed by atoms with E-state index < -0.39 is 0 Å². The Bertz CT molecular complexity index is 1740. The van der Waals surface area contributed by atoms with Crippen molar-refractivity contribution in [1.82, 2.24) is 39.0 Å². The Morgan fingerprint density at radius 1 is 1.13 bits per heavy atom. The minimum Gasteiger partial charge on any atom is -0.474 e. The Morgan fingerprint density at radius 3 is 2.74 bits per heavy atom. The second-order valence-corrected chi connectivity index (χ2v) is 9.94. The van der Waals surface area contributed by atoms with E-state index in [1.165, 1.54) is 0 Å². The van der Waals surface area contributed by atoms with Gasteiger partial charge in [-0.25, -0.2) is 14.3 Å². The number of aryl methyl sites for hydroxylation is 2. The number of hydrogen-bond acceptors (Lipinski definition) is 8. The number of hydrogen-bond donors (Lipinski definition) is 1. The van der Waals surface area contributed by atoms with Gasteiger partial charge in [0.1, 0.15) is 11.5 Å². The van der Waals surface area contributed by atoms with Crippen LogP contribution in [-0.2, 0) is 13.6 Å². The predicted molar refractivity (Wildman–Crippen MR) is 151 cm³/mol. The molecule has 11 nitrogen and oxygen atoms in total. The fourth-order valence-corrected chi connectivity index (χ4v) is 5.12. The van der Waals surface area contributed by atoms with Crippen molar-refractivity contribution < 1.29 is 4.74 Å². The van der Waals surface area contributed by atoms with E-state index in [0.717, 1.165) is 48.2 Å². The molecule has 1 saturated heterocycles. The molecule has 1 aliphatic heterocycles. The quantitative estimate of drug-likeness (QED) is 0.321. The molecule has 0 unspecified atom stereocenters. The molecule has 4 aromatic heterocycles. The van der Waals surface area contributed by atoms with Gasteiger partial charge in [0, 0.05) is 43.5 Å². The number of allylic oxidation sites excluding steroid dienone is 1. The highest BCUT2D eigenvalue weighted by Gasteiger charge is 2.21. The molecule has 0 bridgehead atoms. The summed E-state index contributed by atoms with van der Waals surface area (Å²) in [5.74, 6) is 1.42. The summed E-state index contributed by atoms with van der Waals surface area (Å²) in [6.07, 6.45) is 5.23. The van der Waals surface area contributed by atoms with E-state index in [4.69, 9.17) is 14.7 Å². The van der Waals surface area contributed by atoms with Crippen molar-refractivity contribution >= 4 is 33.6 Å². The lowest BCUT2D eigenvalue weighted by Crippen LogP contribution is -2.35. The molecule has 0 atom stereocenters. The minimum atomic E-state index is -0.215. The zero-order valence-electron chi connectivity index (χ0n) is 22.3. The van der Waals surface area contributed by atoms with Gasteiger partial charge in [-0.1, -0.05) is 12.1 Å². The first kappa shape index (κ1) is 24.8. The van der Waals surface area contributed by atoms with Crippen LogP contribution in [0.4, 0.5) is 11.6 Å². The molecule has 1 aromatic carbocycles. The largest absolute Gasteiger partial charge is 0.474 e. The summed E-state index contributed by atoms with van der Waals surface area (Å²) in [5.41, 5.74) is 3.03. The van der Waals surface area contributed by atoms with Gasteiger partial charge in [-0.15, -0.1) is 6.58 Å². The van der Waals surface area contributed by atoms with Crippen molar-refractivity contribution in [3.63, 3.8) is 0 Å². The van der Waals surface area contributed by atoms with Crippen LogP contribution in [0.5, 0.6) is 5.88 Å². The van der Waals surface area contributed by atoms with E-state index in [0.29, 0.717) is 28.7 Å². The SMILES string of the molecule is C=CCn1c(=O)c2cnc(Nc3ccc4c(c3)c(C)nn4C)nc2n1-c1cccc(OC2CCN(C)CC2)n1. The van der Waals surface area contributed by atoms with Crippen molar-refractivity contribution in [2.24, 2.45) is 7.05 Å². The predicted octanol–water partition coefficient (Wildman–Crippen LogP) is 3.57. The summed E-state index contributed by atoms with van der Waals surface area (Å²) < 4.78 is 11.3. The van der Waals surface area contributed by atoms with Gasteiger partial charge in [-0.3, -0.25) is 9.48 Å². The molecule has 1 aliphatic rings. The number of ether oxygens (including phenoxy) is 1. The first-order valence-corrected chi connectivity index (χ1v) is 13.0. The van der Waals surface area contributed by atoms with Crippen LogP contribution >= 0.6 is 0 Å². The number of piperidine rings is 1. The molecule has 0 saturated carbocycles. The second kappa shape index (κ2) is 9.99. The van der Waals surface area contributed by atoms with Crippen molar-refractivity contribution in [2.75, 3.05) is 25.5 Å². The normalized spacial score (nSPS) is 14.7. The molecule has 11 heteroatoms. The standard InChI is InChI=1S/C28H31N9O2/c1-5-13-36-27(38)22-17-29-28(30-19-9-10-23-21(16-19)18(2)33-35(23)4)32-26(22)37(36)24-7-6-8-25(31-24)39-20-11-14-34(3)15-12-20/h5-10,16-17,20H,1,11-15H2,2-4H3,(H,29,30,32). The maximum Gasteiger partial charge on any atom is 0.278 e. The number of pyridine rings is 1. The molecule has 0 aliphatic carbocycles. The van der Waals surface area contributed by atoms with E-state index in [9.17, 15) is 4.79 Å². The monoisotopic (exact) mass is 525 g/mol. The number of rotatable bonds is 7. The van der Waals surface area contributed by atoms with Crippen LogP contribution in [0.1, 0.15) is 18.5 Å². The van der Waals surface area contributed by atoms with Gasteiger partial charge in [0.05, 0.1) is 17.8 Å². The molecule has 0 amide bonds. The van der Waals surface area contributed by atoms with Crippen LogP contribution in [0.25, 0.3) is 27.8 Å². The number of nitrogens with one attached hydrogen (secondary N) is 1. The smallest absolute Gasteiger partial charge is 0.278 e. The summed E-state index contributed by atoms with van der Waals surface area (Å²) in [6, 6.07) is 11.6. The third-order valence-electron chi connectivity index (χ3n) is 7.15. The van der Waals surface area contributed by atoms with E-state index in [1.807, 2.05) is 55.1 Å². The fourth-order valence-electron chi connectivity index (χ4n) is 5.12. The summed E-state index contributed by atoms with van der Waals surface area (Å²) in [4.78, 5) is 29.6.